The van der Waals surface area contributed by atoms with Crippen molar-refractivity contribution in [1.29, 1.82) is 0 Å². The highest BCUT2D eigenvalue weighted by atomic mass is 79.9. The van der Waals surface area contributed by atoms with Gasteiger partial charge in [-0.1, -0.05) is 6.07 Å². The zero-order chi connectivity index (χ0) is 12.3. The molecule has 1 unspecified atom stereocenters. The number of nitrogens with one attached hydrogen (secondary N) is 1. The lowest BCUT2D eigenvalue weighted by Gasteiger charge is -2.14. The van der Waals surface area contributed by atoms with Gasteiger partial charge in [0.1, 0.15) is 5.82 Å². The molecule has 0 bridgehead atoms. The van der Waals surface area contributed by atoms with Crippen LogP contribution in [0.25, 0.3) is 0 Å². The third-order valence-corrected chi connectivity index (χ3v) is 3.36. The summed E-state index contributed by atoms with van der Waals surface area (Å²) in [5.74, 6) is 0.865. The summed E-state index contributed by atoms with van der Waals surface area (Å²) in [5.41, 5.74) is 1.98. The summed E-state index contributed by atoms with van der Waals surface area (Å²) in [6.45, 7) is 4.04. The van der Waals surface area contributed by atoms with E-state index in [1.54, 1.807) is 6.20 Å². The van der Waals surface area contributed by atoms with Crippen molar-refractivity contribution in [3.63, 3.8) is 0 Å². The Balaban J connectivity index is 2.13. The van der Waals surface area contributed by atoms with Gasteiger partial charge in [-0.15, -0.1) is 0 Å². The molecule has 0 saturated carbocycles. The highest BCUT2D eigenvalue weighted by Gasteiger charge is 2.07. The Hall–Kier alpha value is -1.42. The third-order valence-electron chi connectivity index (χ3n) is 2.52. The lowest BCUT2D eigenvalue weighted by molar-refractivity contribution is 0.830. The molecule has 0 radical (unpaired) electrons. The topological polar surface area (TPSA) is 37.8 Å². The van der Waals surface area contributed by atoms with E-state index in [9.17, 15) is 0 Å². The quantitative estimate of drug-likeness (QED) is 0.937. The van der Waals surface area contributed by atoms with Gasteiger partial charge in [-0.05, 0) is 54.0 Å². The van der Waals surface area contributed by atoms with Gasteiger partial charge >= 0.3 is 0 Å². The third kappa shape index (κ3) is 3.03. The van der Waals surface area contributed by atoms with Crippen LogP contribution in [0.5, 0.6) is 0 Å². The van der Waals surface area contributed by atoms with Gasteiger partial charge in [0.05, 0.1) is 17.4 Å². The fraction of sp³-hybridized carbons (Fsp3) is 0.231. The standard InChI is InChI=1S/C13H14BrN3/c1-9-11(14)6-7-13(16-9)17-10(2)12-5-3-4-8-15-12/h3-8,10H,1-2H3,(H,16,17). The summed E-state index contributed by atoms with van der Waals surface area (Å²) in [5, 5.41) is 3.33. The Labute approximate surface area is 109 Å². The van der Waals surface area contributed by atoms with Crippen LogP contribution in [-0.2, 0) is 0 Å². The van der Waals surface area contributed by atoms with Crippen molar-refractivity contribution >= 4 is 21.7 Å². The molecule has 3 nitrogen and oxygen atoms in total. The van der Waals surface area contributed by atoms with Gasteiger partial charge < -0.3 is 5.32 Å². The van der Waals surface area contributed by atoms with Crippen LogP contribution >= 0.6 is 15.9 Å². The molecule has 0 spiro atoms. The van der Waals surface area contributed by atoms with E-state index in [0.717, 1.165) is 21.7 Å². The predicted octanol–water partition coefficient (Wildman–Crippen LogP) is 3.72. The Kier molecular flexibility index (Phi) is 3.74. The van der Waals surface area contributed by atoms with Gasteiger partial charge in [0.25, 0.3) is 0 Å². The van der Waals surface area contributed by atoms with Crippen LogP contribution in [0.2, 0.25) is 0 Å². The second kappa shape index (κ2) is 5.27. The van der Waals surface area contributed by atoms with Crippen LogP contribution in [0.3, 0.4) is 0 Å². The smallest absolute Gasteiger partial charge is 0.126 e. The van der Waals surface area contributed by atoms with Gasteiger partial charge in [0.15, 0.2) is 0 Å². The van der Waals surface area contributed by atoms with Crippen LogP contribution in [-0.4, -0.2) is 9.97 Å². The molecule has 0 fully saturated rings. The van der Waals surface area contributed by atoms with Crippen LogP contribution in [0.15, 0.2) is 41.0 Å². The van der Waals surface area contributed by atoms with Gasteiger partial charge in [0, 0.05) is 10.7 Å². The maximum Gasteiger partial charge on any atom is 0.126 e. The monoisotopic (exact) mass is 291 g/mol. The van der Waals surface area contributed by atoms with Crippen LogP contribution < -0.4 is 5.32 Å². The molecule has 2 rings (SSSR count). The molecule has 17 heavy (non-hydrogen) atoms. The average Bonchev–Trinajstić information content (AvgIpc) is 2.35. The Morgan fingerprint density at radius 2 is 2.06 bits per heavy atom. The molecule has 88 valence electrons. The first-order chi connectivity index (χ1) is 8.16. The minimum Gasteiger partial charge on any atom is -0.362 e. The van der Waals surface area contributed by atoms with E-state index in [2.05, 4.69) is 38.1 Å². The van der Waals surface area contributed by atoms with Crippen molar-refractivity contribution in [3.05, 3.63) is 52.4 Å². The predicted molar refractivity (Wildman–Crippen MR) is 72.9 cm³/mol. The Bertz CT molecular complexity index is 499. The van der Waals surface area contributed by atoms with Gasteiger partial charge in [-0.3, -0.25) is 4.98 Å². The number of nitrogens with zero attached hydrogens (tertiary/aromatic N) is 2. The lowest BCUT2D eigenvalue weighted by Crippen LogP contribution is -2.09. The van der Waals surface area contributed by atoms with Gasteiger partial charge in [-0.2, -0.15) is 0 Å². The van der Waals surface area contributed by atoms with E-state index in [1.807, 2.05) is 37.3 Å². The maximum atomic E-state index is 4.45. The Morgan fingerprint density at radius 3 is 2.71 bits per heavy atom. The summed E-state index contributed by atoms with van der Waals surface area (Å²) in [4.78, 5) is 8.77. The van der Waals surface area contributed by atoms with Crippen LogP contribution in [0.1, 0.15) is 24.4 Å². The van der Waals surface area contributed by atoms with E-state index in [4.69, 9.17) is 0 Å². The number of aryl methyl sites for hydroxylation is 1. The van der Waals surface area contributed by atoms with Crippen molar-refractivity contribution in [2.75, 3.05) is 5.32 Å². The molecule has 0 aromatic carbocycles. The number of anilines is 1. The van der Waals surface area contributed by atoms with E-state index in [0.29, 0.717) is 0 Å². The summed E-state index contributed by atoms with van der Waals surface area (Å²) in [6, 6.07) is 10.00. The van der Waals surface area contributed by atoms with Gasteiger partial charge in [-0.25, -0.2) is 4.98 Å². The molecule has 0 aliphatic carbocycles. The maximum absolute atomic E-state index is 4.45. The largest absolute Gasteiger partial charge is 0.362 e. The molecule has 0 aliphatic rings. The molecule has 0 amide bonds. The van der Waals surface area contributed by atoms with E-state index < -0.39 is 0 Å². The lowest BCUT2D eigenvalue weighted by atomic mass is 10.2. The van der Waals surface area contributed by atoms with Crippen molar-refractivity contribution in [2.24, 2.45) is 0 Å². The molecule has 0 aliphatic heterocycles. The first kappa shape index (κ1) is 12.0. The number of halogens is 1. The second-order valence-electron chi connectivity index (χ2n) is 3.88. The van der Waals surface area contributed by atoms with Crippen molar-refractivity contribution < 1.29 is 0 Å². The molecule has 4 heteroatoms. The fourth-order valence-corrected chi connectivity index (χ4v) is 1.77. The van der Waals surface area contributed by atoms with E-state index in [1.165, 1.54) is 0 Å². The molecule has 2 heterocycles. The molecule has 2 aromatic rings. The summed E-state index contributed by atoms with van der Waals surface area (Å²) in [7, 11) is 0. The molecule has 1 atom stereocenters. The number of aromatic nitrogens is 2. The van der Waals surface area contributed by atoms with Crippen LogP contribution in [0, 0.1) is 6.92 Å². The minimum atomic E-state index is 0.143. The van der Waals surface area contributed by atoms with Crippen molar-refractivity contribution in [1.82, 2.24) is 9.97 Å². The molecular weight excluding hydrogens is 278 g/mol. The van der Waals surface area contributed by atoms with E-state index in [-0.39, 0.29) is 6.04 Å². The zero-order valence-electron chi connectivity index (χ0n) is 9.81. The first-order valence-electron chi connectivity index (χ1n) is 5.47. The summed E-state index contributed by atoms with van der Waals surface area (Å²) < 4.78 is 1.02. The Morgan fingerprint density at radius 1 is 1.24 bits per heavy atom. The summed E-state index contributed by atoms with van der Waals surface area (Å²) in [6.07, 6.45) is 1.80. The van der Waals surface area contributed by atoms with Crippen molar-refractivity contribution in [3.8, 4) is 0 Å². The second-order valence-corrected chi connectivity index (χ2v) is 4.74. The summed E-state index contributed by atoms with van der Waals surface area (Å²) >= 11 is 3.44. The SMILES string of the molecule is Cc1nc(NC(C)c2ccccn2)ccc1Br. The normalized spacial score (nSPS) is 12.2. The average molecular weight is 292 g/mol. The first-order valence-corrected chi connectivity index (χ1v) is 6.27. The van der Waals surface area contributed by atoms with E-state index >= 15 is 0 Å². The molecule has 2 aromatic heterocycles. The van der Waals surface area contributed by atoms with Crippen molar-refractivity contribution in [2.45, 2.75) is 19.9 Å². The fourth-order valence-electron chi connectivity index (χ4n) is 1.55. The number of rotatable bonds is 3. The molecule has 0 saturated heterocycles. The highest BCUT2D eigenvalue weighted by molar-refractivity contribution is 9.10. The highest BCUT2D eigenvalue weighted by Crippen LogP contribution is 2.19. The van der Waals surface area contributed by atoms with Crippen LogP contribution in [0.4, 0.5) is 5.82 Å². The minimum absolute atomic E-state index is 0.143. The number of pyridine rings is 2. The van der Waals surface area contributed by atoms with Gasteiger partial charge in [0.2, 0.25) is 0 Å². The zero-order valence-corrected chi connectivity index (χ0v) is 11.4. The molecular formula is C13H14BrN3. The molecule has 1 N–H and O–H groups in total. The number of hydrogen-bond acceptors (Lipinski definition) is 3. The number of hydrogen-bond donors (Lipinski definition) is 1.